The van der Waals surface area contributed by atoms with E-state index in [0.29, 0.717) is 31.6 Å². The SMILES string of the molecule is NCCC1CN(C(=O)Cn2sc3ccccc3c2=O)CCO1. The highest BCUT2D eigenvalue weighted by atomic mass is 32.1. The second kappa shape index (κ2) is 6.60. The fourth-order valence-corrected chi connectivity index (χ4v) is 3.64. The molecule has 0 saturated carbocycles. The summed E-state index contributed by atoms with van der Waals surface area (Å²) < 4.78 is 8.01. The Hall–Kier alpha value is -1.70. The van der Waals surface area contributed by atoms with Gasteiger partial charge in [-0.15, -0.1) is 0 Å². The van der Waals surface area contributed by atoms with Crippen molar-refractivity contribution in [1.29, 1.82) is 0 Å². The fraction of sp³-hybridized carbons (Fsp3) is 0.467. The summed E-state index contributed by atoms with van der Waals surface area (Å²) in [4.78, 5) is 26.5. The Morgan fingerprint density at radius 2 is 2.23 bits per heavy atom. The molecule has 2 aromatic rings. The quantitative estimate of drug-likeness (QED) is 0.896. The first kappa shape index (κ1) is 15.2. The predicted molar refractivity (Wildman–Crippen MR) is 86.1 cm³/mol. The highest BCUT2D eigenvalue weighted by Gasteiger charge is 2.24. The number of aromatic nitrogens is 1. The normalized spacial score (nSPS) is 18.8. The van der Waals surface area contributed by atoms with E-state index in [9.17, 15) is 9.59 Å². The lowest BCUT2D eigenvalue weighted by Crippen LogP contribution is -2.47. The number of ether oxygens (including phenoxy) is 1. The molecule has 0 aliphatic carbocycles. The molecule has 1 aromatic heterocycles. The molecule has 0 radical (unpaired) electrons. The molecule has 1 amide bonds. The van der Waals surface area contributed by atoms with E-state index in [0.717, 1.165) is 11.1 Å². The van der Waals surface area contributed by atoms with Crippen molar-refractivity contribution in [3.8, 4) is 0 Å². The van der Waals surface area contributed by atoms with Crippen LogP contribution in [0.3, 0.4) is 0 Å². The van der Waals surface area contributed by atoms with Gasteiger partial charge in [0.05, 0.1) is 22.8 Å². The number of benzene rings is 1. The summed E-state index contributed by atoms with van der Waals surface area (Å²) in [6, 6.07) is 7.42. The van der Waals surface area contributed by atoms with Gasteiger partial charge in [-0.05, 0) is 25.1 Å². The number of rotatable bonds is 4. The number of hydrogen-bond donors (Lipinski definition) is 1. The molecule has 1 aliphatic rings. The van der Waals surface area contributed by atoms with Crippen molar-refractivity contribution in [1.82, 2.24) is 8.86 Å². The van der Waals surface area contributed by atoms with Crippen molar-refractivity contribution >= 4 is 27.5 Å². The molecule has 0 spiro atoms. The predicted octanol–water partition coefficient (Wildman–Crippen LogP) is 0.639. The van der Waals surface area contributed by atoms with Gasteiger partial charge >= 0.3 is 0 Å². The van der Waals surface area contributed by atoms with Crippen LogP contribution in [0, 0.1) is 0 Å². The molecule has 1 fully saturated rings. The maximum Gasteiger partial charge on any atom is 0.268 e. The molecule has 118 valence electrons. The average molecular weight is 321 g/mol. The van der Waals surface area contributed by atoms with Gasteiger partial charge in [-0.1, -0.05) is 23.7 Å². The number of carbonyl (C=O) groups is 1. The summed E-state index contributed by atoms with van der Waals surface area (Å²) in [5.41, 5.74) is 5.44. The number of hydrogen-bond acceptors (Lipinski definition) is 5. The summed E-state index contributed by atoms with van der Waals surface area (Å²) >= 11 is 1.33. The minimum absolute atomic E-state index is 0.00169. The van der Waals surface area contributed by atoms with Crippen LogP contribution in [0.2, 0.25) is 0 Å². The molecule has 6 nitrogen and oxygen atoms in total. The smallest absolute Gasteiger partial charge is 0.268 e. The van der Waals surface area contributed by atoms with Gasteiger partial charge in [0, 0.05) is 13.1 Å². The van der Waals surface area contributed by atoms with Crippen molar-refractivity contribution < 1.29 is 9.53 Å². The van der Waals surface area contributed by atoms with Crippen molar-refractivity contribution in [3.05, 3.63) is 34.6 Å². The maximum atomic E-state index is 12.4. The summed E-state index contributed by atoms with van der Waals surface area (Å²) in [6.07, 6.45) is 0.744. The number of carbonyl (C=O) groups excluding carboxylic acids is 1. The molecule has 2 N–H and O–H groups in total. The van der Waals surface area contributed by atoms with Crippen LogP contribution >= 0.6 is 11.5 Å². The van der Waals surface area contributed by atoms with Gasteiger partial charge in [-0.25, -0.2) is 0 Å². The molecule has 22 heavy (non-hydrogen) atoms. The summed E-state index contributed by atoms with van der Waals surface area (Å²) in [6.45, 7) is 2.28. The van der Waals surface area contributed by atoms with Crippen LogP contribution in [-0.2, 0) is 16.1 Å². The molecule has 0 bridgehead atoms. The molecule has 2 heterocycles. The lowest BCUT2D eigenvalue weighted by molar-refractivity contribution is -0.139. The van der Waals surface area contributed by atoms with Gasteiger partial charge < -0.3 is 15.4 Å². The first-order valence-corrected chi connectivity index (χ1v) is 8.14. The van der Waals surface area contributed by atoms with E-state index >= 15 is 0 Å². The maximum absolute atomic E-state index is 12.4. The summed E-state index contributed by atoms with van der Waals surface area (Å²) in [5, 5.41) is 0.670. The Labute approximate surface area is 132 Å². The van der Waals surface area contributed by atoms with Crippen LogP contribution in [-0.4, -0.2) is 47.1 Å². The minimum atomic E-state index is -0.0966. The van der Waals surface area contributed by atoms with Crippen molar-refractivity contribution in [2.75, 3.05) is 26.2 Å². The lowest BCUT2D eigenvalue weighted by atomic mass is 10.2. The van der Waals surface area contributed by atoms with Crippen LogP contribution in [0.4, 0.5) is 0 Å². The van der Waals surface area contributed by atoms with E-state index in [-0.39, 0.29) is 24.1 Å². The van der Waals surface area contributed by atoms with Gasteiger partial charge in [-0.2, -0.15) is 0 Å². The number of morpholine rings is 1. The highest BCUT2D eigenvalue weighted by molar-refractivity contribution is 7.13. The zero-order valence-corrected chi connectivity index (χ0v) is 13.1. The van der Waals surface area contributed by atoms with Gasteiger partial charge in [0.1, 0.15) is 6.54 Å². The average Bonchev–Trinajstić information content (AvgIpc) is 2.85. The first-order chi connectivity index (χ1) is 10.7. The standard InChI is InChI=1S/C15H19N3O3S/c16-6-5-11-9-17(7-8-21-11)14(19)10-18-15(20)12-3-1-2-4-13(12)22-18/h1-4,11H,5-10,16H2. The molecular weight excluding hydrogens is 302 g/mol. The number of nitrogens with two attached hydrogens (primary N) is 1. The van der Waals surface area contributed by atoms with Gasteiger partial charge in [0.25, 0.3) is 5.56 Å². The fourth-order valence-electron chi connectivity index (χ4n) is 2.65. The third kappa shape index (κ3) is 3.06. The Bertz CT molecular complexity index is 722. The molecule has 3 rings (SSSR count). The van der Waals surface area contributed by atoms with Gasteiger partial charge in [0.2, 0.25) is 5.91 Å². The first-order valence-electron chi connectivity index (χ1n) is 7.37. The Morgan fingerprint density at radius 3 is 3.00 bits per heavy atom. The van der Waals surface area contributed by atoms with Crippen LogP contribution in [0.1, 0.15) is 6.42 Å². The monoisotopic (exact) mass is 321 g/mol. The molecule has 1 atom stereocenters. The highest BCUT2D eigenvalue weighted by Crippen LogP contribution is 2.16. The second-order valence-electron chi connectivity index (χ2n) is 5.34. The number of nitrogens with zero attached hydrogens (tertiary/aromatic N) is 2. The Balaban J connectivity index is 1.73. The van der Waals surface area contributed by atoms with Crippen molar-refractivity contribution in [2.24, 2.45) is 5.73 Å². The second-order valence-corrected chi connectivity index (χ2v) is 6.40. The van der Waals surface area contributed by atoms with Crippen LogP contribution < -0.4 is 11.3 Å². The van der Waals surface area contributed by atoms with Crippen LogP contribution in [0.25, 0.3) is 10.1 Å². The zero-order chi connectivity index (χ0) is 15.5. The van der Waals surface area contributed by atoms with E-state index in [1.807, 2.05) is 18.2 Å². The Kier molecular flexibility index (Phi) is 4.56. The van der Waals surface area contributed by atoms with Crippen molar-refractivity contribution in [3.63, 3.8) is 0 Å². The van der Waals surface area contributed by atoms with Crippen molar-refractivity contribution in [2.45, 2.75) is 19.1 Å². The molecule has 7 heteroatoms. The van der Waals surface area contributed by atoms with Gasteiger partial charge in [-0.3, -0.25) is 13.5 Å². The van der Waals surface area contributed by atoms with E-state index in [1.165, 1.54) is 15.5 Å². The summed E-state index contributed by atoms with van der Waals surface area (Å²) in [5.74, 6) is -0.0426. The molecule has 1 aliphatic heterocycles. The van der Waals surface area contributed by atoms with E-state index in [1.54, 1.807) is 11.0 Å². The number of fused-ring (bicyclic) bond motifs is 1. The van der Waals surface area contributed by atoms with E-state index in [4.69, 9.17) is 10.5 Å². The summed E-state index contributed by atoms with van der Waals surface area (Å²) in [7, 11) is 0. The largest absolute Gasteiger partial charge is 0.374 e. The lowest BCUT2D eigenvalue weighted by Gasteiger charge is -2.32. The van der Waals surface area contributed by atoms with Crippen LogP contribution in [0.5, 0.6) is 0 Å². The van der Waals surface area contributed by atoms with E-state index in [2.05, 4.69) is 0 Å². The Morgan fingerprint density at radius 1 is 1.41 bits per heavy atom. The topological polar surface area (TPSA) is 77.6 Å². The molecule has 1 aromatic carbocycles. The van der Waals surface area contributed by atoms with Crippen LogP contribution in [0.15, 0.2) is 29.1 Å². The molecule has 1 unspecified atom stereocenters. The minimum Gasteiger partial charge on any atom is -0.374 e. The molecular formula is C15H19N3O3S. The third-order valence-electron chi connectivity index (χ3n) is 3.81. The number of amides is 1. The third-order valence-corrected chi connectivity index (χ3v) is 4.88. The molecule has 1 saturated heterocycles. The zero-order valence-electron chi connectivity index (χ0n) is 12.2. The van der Waals surface area contributed by atoms with Gasteiger partial charge in [0.15, 0.2) is 0 Å². The van der Waals surface area contributed by atoms with E-state index < -0.39 is 0 Å².